The second-order valence-electron chi connectivity index (χ2n) is 17.2. The molecule has 410 valence electrons. The number of ether oxygens (including phenoxy) is 2. The molecule has 0 aliphatic carbocycles. The normalized spacial score (nSPS) is 14.8. The summed E-state index contributed by atoms with van der Waals surface area (Å²) >= 11 is 0.985. The van der Waals surface area contributed by atoms with Gasteiger partial charge in [-0.15, -0.1) is 6.58 Å². The molecule has 15 heteroatoms. The van der Waals surface area contributed by atoms with Crippen molar-refractivity contribution >= 4 is 52.8 Å². The highest BCUT2D eigenvalue weighted by Gasteiger charge is 2.34. The van der Waals surface area contributed by atoms with Crippen LogP contribution in [-0.2, 0) is 19.1 Å². The van der Waals surface area contributed by atoms with Gasteiger partial charge in [0.1, 0.15) is 18.4 Å². The van der Waals surface area contributed by atoms with Crippen LogP contribution in [0.15, 0.2) is 96.7 Å². The maximum atomic E-state index is 16.4. The van der Waals surface area contributed by atoms with Crippen LogP contribution in [-0.4, -0.2) is 74.0 Å². The smallest absolute Gasteiger partial charge is 0.242 e. The number of hydrogen-bond donors (Lipinski definition) is 6. The third-order valence-electron chi connectivity index (χ3n) is 11.1. The van der Waals surface area contributed by atoms with Gasteiger partial charge in [-0.25, -0.2) is 4.39 Å². The van der Waals surface area contributed by atoms with E-state index in [1.54, 1.807) is 25.0 Å². The Kier molecular flexibility index (Phi) is 37.9. The molecule has 0 bridgehead atoms. The van der Waals surface area contributed by atoms with E-state index in [0.29, 0.717) is 57.8 Å². The van der Waals surface area contributed by atoms with Crippen molar-refractivity contribution in [2.45, 2.75) is 153 Å². The molecule has 1 saturated heterocycles. The number of nitrogens with one attached hydrogen (secondary N) is 3. The van der Waals surface area contributed by atoms with E-state index in [4.69, 9.17) is 25.1 Å². The standard InChI is InChI=1S/C37H46FN7O3S.C8H16O.C4H10.C4H8.C3H8.CH5N.CH2O/c1-6-14-41-27(7-2)23-12-13-30-25(16-23)18-31-36-26(38)17-24(19-32(36)48-37(45(30)31)33(20-39)49-40)28(8-3)43-22(5)29-11-10-15-44(29)35(47)21-42-34(46)9-4;1-6(2)8(9-5)7(3)4;2*1-3-4-2;1-3-2;2*1-2/h7-8,12-13,16-20,29,37,41,43H,5-6,9-11,14-15,21,39-40H2,1-4H3,(H,42,46);7-8H,1H2,2-5H3;3-4H2,1-2H3;3H,1,4H2,2H3;3H2,1-2H3;2H2,1H3;1H2/b27-7-,28-8-,33-20-;;;;;;. The molecule has 1 fully saturated rings. The van der Waals surface area contributed by atoms with Crippen molar-refractivity contribution in [3.8, 4) is 17.0 Å². The average Bonchev–Trinajstić information content (AvgIpc) is 4.05. The SMILES string of the molecule is C=C(C)C(OC)C(C)C.C=C(N/C(=C\C)c1cc(F)c2c(c1)OC(/C(=C/N)SN)n1c-2cc2cc(/C(=C/C)NCCC)ccc21)C1CCCN1C(=O)CNC(=O)CC.C=CCC.C=O.CCC.CCCC.CN. The number of rotatable bonds is 18. The lowest BCUT2D eigenvalue weighted by Crippen LogP contribution is -2.44. The number of nitrogens with zero attached hydrogens (tertiary/aromatic N) is 2. The van der Waals surface area contributed by atoms with E-state index in [1.807, 2.05) is 68.6 Å². The number of unbranched alkanes of at least 4 members (excludes halogenated alkanes) is 1. The summed E-state index contributed by atoms with van der Waals surface area (Å²) in [6.45, 7) is 39.5. The molecule has 0 radical (unpaired) electrons. The average molecular weight is 1040 g/mol. The van der Waals surface area contributed by atoms with Crippen molar-refractivity contribution in [3.05, 3.63) is 114 Å². The van der Waals surface area contributed by atoms with Crippen LogP contribution in [0.3, 0.4) is 0 Å². The number of amides is 2. The molecular formula is C58H95FN8O5S. The summed E-state index contributed by atoms with van der Waals surface area (Å²) in [5.74, 6) is 0.0784. The summed E-state index contributed by atoms with van der Waals surface area (Å²) in [4.78, 5) is 35.0. The number of fused-ring (bicyclic) bond motifs is 5. The quantitative estimate of drug-likeness (QED) is 0.0525. The molecular weight excluding hydrogens is 940 g/mol. The Labute approximate surface area is 444 Å². The highest BCUT2D eigenvalue weighted by atomic mass is 32.2. The topological polar surface area (TPSA) is 192 Å². The van der Waals surface area contributed by atoms with E-state index in [9.17, 15) is 9.59 Å². The van der Waals surface area contributed by atoms with Gasteiger partial charge in [-0.2, -0.15) is 0 Å². The van der Waals surface area contributed by atoms with E-state index >= 15 is 4.39 Å². The van der Waals surface area contributed by atoms with E-state index < -0.39 is 12.0 Å². The molecule has 1 aromatic heterocycles. The lowest BCUT2D eigenvalue weighted by atomic mass is 10.0. The fourth-order valence-electron chi connectivity index (χ4n) is 7.53. The Morgan fingerprint density at radius 3 is 2.00 bits per heavy atom. The highest BCUT2D eigenvalue weighted by molar-refractivity contribution is 8.00. The minimum Gasteiger partial charge on any atom is -0.464 e. The van der Waals surface area contributed by atoms with Gasteiger partial charge in [0.25, 0.3) is 0 Å². The number of hydrogen-bond acceptors (Lipinski definition) is 11. The fraction of sp³-hybridized carbons (Fsp3) is 0.500. The predicted molar refractivity (Wildman–Crippen MR) is 312 cm³/mol. The predicted octanol–water partition coefficient (Wildman–Crippen LogP) is 12.5. The van der Waals surface area contributed by atoms with Crippen LogP contribution in [0.4, 0.5) is 4.39 Å². The number of aromatic nitrogens is 1. The number of nitrogens with two attached hydrogens (primary N) is 3. The zero-order chi connectivity index (χ0) is 56.2. The highest BCUT2D eigenvalue weighted by Crippen LogP contribution is 2.47. The van der Waals surface area contributed by atoms with Gasteiger partial charge < -0.3 is 46.6 Å². The van der Waals surface area contributed by atoms with Gasteiger partial charge in [-0.1, -0.05) is 125 Å². The van der Waals surface area contributed by atoms with E-state index in [-0.39, 0.29) is 30.5 Å². The van der Waals surface area contributed by atoms with E-state index in [0.717, 1.165) is 71.9 Å². The molecule has 2 aliphatic heterocycles. The minimum atomic E-state index is -0.719. The van der Waals surface area contributed by atoms with Crippen molar-refractivity contribution in [1.29, 1.82) is 0 Å². The number of carbonyl (C=O) groups is 3. The first-order valence-electron chi connectivity index (χ1n) is 25.7. The number of carbonyl (C=O) groups excluding carboxylic acids is 3. The van der Waals surface area contributed by atoms with Crippen LogP contribution in [0.1, 0.15) is 152 Å². The Hall–Kier alpha value is -5.61. The molecule has 2 aliphatic rings. The molecule has 3 atom stereocenters. The first kappa shape index (κ1) is 69.5. The Bertz CT molecular complexity index is 2220. The largest absolute Gasteiger partial charge is 0.464 e. The molecule has 2 aromatic carbocycles. The number of likely N-dealkylation sites (tertiary alicyclic amines) is 1. The van der Waals surface area contributed by atoms with Gasteiger partial charge in [0.05, 0.1) is 40.4 Å². The third kappa shape index (κ3) is 21.8. The number of halogens is 1. The number of benzene rings is 2. The first-order chi connectivity index (χ1) is 35.0. The molecule has 3 unspecified atom stereocenters. The number of methoxy groups -OCH3 is 1. The molecule has 2 amide bonds. The van der Waals surface area contributed by atoms with Crippen LogP contribution in [0.5, 0.6) is 5.75 Å². The summed E-state index contributed by atoms with van der Waals surface area (Å²) in [5, 5.41) is 16.5. The molecule has 13 nitrogen and oxygen atoms in total. The monoisotopic (exact) mass is 1030 g/mol. The summed E-state index contributed by atoms with van der Waals surface area (Å²) < 4.78 is 30.0. The summed E-state index contributed by atoms with van der Waals surface area (Å²) in [6, 6.07) is 11.1. The lowest BCUT2D eigenvalue weighted by Gasteiger charge is -2.31. The molecule has 0 spiro atoms. The zero-order valence-electron chi connectivity index (χ0n) is 47.1. The summed E-state index contributed by atoms with van der Waals surface area (Å²) in [5.41, 5.74) is 17.3. The maximum absolute atomic E-state index is 16.4. The zero-order valence-corrected chi connectivity index (χ0v) is 48.0. The maximum Gasteiger partial charge on any atom is 0.242 e. The van der Waals surface area contributed by atoms with Gasteiger partial charge in [0.15, 0.2) is 0 Å². The molecule has 73 heavy (non-hydrogen) atoms. The Morgan fingerprint density at radius 1 is 0.945 bits per heavy atom. The molecule has 0 saturated carbocycles. The van der Waals surface area contributed by atoms with Crippen LogP contribution in [0.25, 0.3) is 33.6 Å². The van der Waals surface area contributed by atoms with E-state index in [2.05, 4.69) is 103 Å². The van der Waals surface area contributed by atoms with Gasteiger partial charge in [0, 0.05) is 60.9 Å². The fourth-order valence-corrected chi connectivity index (χ4v) is 7.88. The van der Waals surface area contributed by atoms with Crippen molar-refractivity contribution < 1.29 is 28.2 Å². The van der Waals surface area contributed by atoms with Gasteiger partial charge >= 0.3 is 0 Å². The molecule has 3 aromatic rings. The van der Waals surface area contributed by atoms with Crippen LogP contribution in [0, 0.1) is 11.7 Å². The minimum absolute atomic E-state index is 0.0634. The second-order valence-corrected chi connectivity index (χ2v) is 17.9. The first-order valence-corrected chi connectivity index (χ1v) is 26.6. The van der Waals surface area contributed by atoms with Gasteiger partial charge in [-0.05, 0) is 107 Å². The summed E-state index contributed by atoms with van der Waals surface area (Å²) in [7, 11) is 3.22. The molecule has 5 rings (SSSR count). The molecule has 3 heterocycles. The van der Waals surface area contributed by atoms with Gasteiger partial charge in [0.2, 0.25) is 18.0 Å². The van der Waals surface area contributed by atoms with Crippen LogP contribution < -0.4 is 37.3 Å². The summed E-state index contributed by atoms with van der Waals surface area (Å²) in [6.07, 6.45) is 14.5. The molecule has 9 N–H and O–H groups in total. The number of allylic oxidation sites excluding steroid dienone is 3. The van der Waals surface area contributed by atoms with E-state index in [1.165, 1.54) is 38.6 Å². The van der Waals surface area contributed by atoms with Crippen molar-refractivity contribution in [1.82, 2.24) is 25.4 Å². The second kappa shape index (κ2) is 39.9. The van der Waals surface area contributed by atoms with Crippen molar-refractivity contribution in [2.24, 2.45) is 22.5 Å². The van der Waals surface area contributed by atoms with Crippen LogP contribution >= 0.6 is 11.9 Å². The lowest BCUT2D eigenvalue weighted by molar-refractivity contribution is -0.133. The van der Waals surface area contributed by atoms with Crippen molar-refractivity contribution in [3.63, 3.8) is 0 Å². The van der Waals surface area contributed by atoms with Gasteiger partial charge in [-0.3, -0.25) is 19.3 Å². The Balaban J connectivity index is 0. The Morgan fingerprint density at radius 2 is 1.55 bits per heavy atom. The van der Waals surface area contributed by atoms with Crippen molar-refractivity contribution in [2.75, 3.05) is 33.8 Å². The van der Waals surface area contributed by atoms with Crippen LogP contribution in [0.2, 0.25) is 0 Å². The third-order valence-corrected chi connectivity index (χ3v) is 11.7.